The average Bonchev–Trinajstić information content (AvgIpc) is 2.83. The Kier molecular flexibility index (Phi) is 7.93. The molecule has 0 spiro atoms. The van der Waals surface area contributed by atoms with E-state index in [1.54, 1.807) is 36.4 Å². The van der Waals surface area contributed by atoms with E-state index in [2.05, 4.69) is 16.0 Å². The molecule has 1 aliphatic heterocycles. The van der Waals surface area contributed by atoms with Gasteiger partial charge in [-0.2, -0.15) is 0 Å². The van der Waals surface area contributed by atoms with E-state index in [0.717, 1.165) is 5.56 Å². The van der Waals surface area contributed by atoms with Crippen LogP contribution in [0.4, 0.5) is 17.1 Å². The second-order valence-electron chi connectivity index (χ2n) is 8.22. The lowest BCUT2D eigenvalue weighted by molar-refractivity contribution is -0.145. The Hall–Kier alpha value is -3.81. The van der Waals surface area contributed by atoms with Crippen LogP contribution in [0.3, 0.4) is 0 Å². The van der Waals surface area contributed by atoms with Crippen molar-refractivity contribution in [2.45, 2.75) is 26.0 Å². The largest absolute Gasteiger partial charge is 0.459 e. The van der Waals surface area contributed by atoms with Crippen LogP contribution >= 0.6 is 23.2 Å². The summed E-state index contributed by atoms with van der Waals surface area (Å²) in [4.78, 5) is 36.9. The van der Waals surface area contributed by atoms with Crippen LogP contribution in [0.2, 0.25) is 10.0 Å². The fourth-order valence-corrected chi connectivity index (χ4v) is 4.47. The number of hydrogen-bond donors (Lipinski definition) is 3. The van der Waals surface area contributed by atoms with E-state index in [1.807, 2.05) is 30.3 Å². The quantitative estimate of drug-likeness (QED) is 0.276. The van der Waals surface area contributed by atoms with Gasteiger partial charge >= 0.3 is 5.97 Å². The van der Waals surface area contributed by atoms with Crippen molar-refractivity contribution in [3.8, 4) is 0 Å². The number of ether oxygens (including phenoxy) is 1. The predicted molar refractivity (Wildman–Crippen MR) is 142 cm³/mol. The Labute approximate surface area is 218 Å². The smallest absolute Gasteiger partial charge is 0.329 e. The molecule has 1 unspecified atom stereocenters. The first-order chi connectivity index (χ1) is 17.3. The van der Waals surface area contributed by atoms with Crippen molar-refractivity contribution in [3.05, 3.63) is 94.0 Å². The van der Waals surface area contributed by atoms with Gasteiger partial charge in [-0.15, -0.1) is 0 Å². The van der Waals surface area contributed by atoms with Crippen molar-refractivity contribution in [1.82, 2.24) is 0 Å². The Morgan fingerprint density at radius 1 is 1.00 bits per heavy atom. The molecule has 3 N–H and O–H groups in total. The van der Waals surface area contributed by atoms with Crippen molar-refractivity contribution in [2.75, 3.05) is 16.0 Å². The van der Waals surface area contributed by atoms with E-state index in [-0.39, 0.29) is 18.9 Å². The van der Waals surface area contributed by atoms with Crippen LogP contribution < -0.4 is 16.0 Å². The van der Waals surface area contributed by atoms with Crippen molar-refractivity contribution < 1.29 is 19.1 Å². The molecule has 0 saturated carbocycles. The Bertz CT molecular complexity index is 1320. The van der Waals surface area contributed by atoms with Gasteiger partial charge in [0.15, 0.2) is 0 Å². The number of rotatable bonds is 6. The van der Waals surface area contributed by atoms with E-state index < -0.39 is 17.9 Å². The molecule has 2 amide bonds. The Morgan fingerprint density at radius 2 is 1.67 bits per heavy atom. The first-order valence-electron chi connectivity index (χ1n) is 11.1. The molecule has 9 heteroatoms. The van der Waals surface area contributed by atoms with Gasteiger partial charge in [0.05, 0.1) is 5.02 Å². The molecule has 0 radical (unpaired) electrons. The van der Waals surface area contributed by atoms with Gasteiger partial charge in [0.25, 0.3) is 0 Å². The molecule has 3 aromatic carbocycles. The fourth-order valence-electron chi connectivity index (χ4n) is 3.85. The highest BCUT2D eigenvalue weighted by Gasteiger charge is 2.30. The standard InChI is InChI=1S/C27H23Cl2N3O4/c1-16(33)30-20-7-9-21(10-8-20)31-25(34)12-18-11-24(27(35)36-15-17-5-3-2-4-6-17)32-23-14-19(28)13-22(29)26(18)23/h2-10,12-14,24,32H,11,15H2,1H3,(H,30,33)(H,31,34)/b18-12+. The molecule has 0 aliphatic carbocycles. The number of carbonyl (C=O) groups excluding carboxylic acids is 3. The van der Waals surface area contributed by atoms with Gasteiger partial charge in [0.1, 0.15) is 12.6 Å². The van der Waals surface area contributed by atoms with Crippen LogP contribution in [0, 0.1) is 0 Å². The highest BCUT2D eigenvalue weighted by Crippen LogP contribution is 2.40. The molecule has 0 aromatic heterocycles. The van der Waals surface area contributed by atoms with E-state index in [9.17, 15) is 14.4 Å². The molecule has 4 rings (SSSR count). The Balaban J connectivity index is 1.53. The van der Waals surface area contributed by atoms with Gasteiger partial charge < -0.3 is 20.7 Å². The summed E-state index contributed by atoms with van der Waals surface area (Å²) in [7, 11) is 0. The third-order valence-electron chi connectivity index (χ3n) is 5.42. The third kappa shape index (κ3) is 6.44. The molecular formula is C27H23Cl2N3O4. The zero-order valence-electron chi connectivity index (χ0n) is 19.3. The number of carbonyl (C=O) groups is 3. The second-order valence-corrected chi connectivity index (χ2v) is 9.07. The first kappa shape index (κ1) is 25.3. The summed E-state index contributed by atoms with van der Waals surface area (Å²) in [6, 6.07) is 18.6. The molecule has 7 nitrogen and oxygen atoms in total. The maximum Gasteiger partial charge on any atom is 0.329 e. The van der Waals surface area contributed by atoms with Gasteiger partial charge in [-0.3, -0.25) is 9.59 Å². The molecule has 3 aromatic rings. The average molecular weight is 524 g/mol. The van der Waals surface area contributed by atoms with E-state index in [1.165, 1.54) is 13.0 Å². The van der Waals surface area contributed by atoms with Gasteiger partial charge in [-0.1, -0.05) is 53.5 Å². The summed E-state index contributed by atoms with van der Waals surface area (Å²) >= 11 is 12.7. The summed E-state index contributed by atoms with van der Waals surface area (Å²) in [6.07, 6.45) is 1.61. The summed E-state index contributed by atoms with van der Waals surface area (Å²) in [6.45, 7) is 1.55. The lowest BCUT2D eigenvalue weighted by Gasteiger charge is -2.28. The van der Waals surface area contributed by atoms with E-state index in [4.69, 9.17) is 27.9 Å². The number of benzene rings is 3. The SMILES string of the molecule is CC(=O)Nc1ccc(NC(=O)/C=C2\CC(C(=O)OCc3ccccc3)Nc3cc(Cl)cc(Cl)c32)cc1. The van der Waals surface area contributed by atoms with E-state index >= 15 is 0 Å². The van der Waals surface area contributed by atoms with E-state index in [0.29, 0.717) is 38.2 Å². The van der Waals surface area contributed by atoms with Crippen LogP contribution in [0.5, 0.6) is 0 Å². The summed E-state index contributed by atoms with van der Waals surface area (Å²) in [5, 5.41) is 9.35. The second kappa shape index (κ2) is 11.3. The van der Waals surface area contributed by atoms with Gasteiger partial charge in [0.2, 0.25) is 11.8 Å². The molecule has 0 saturated heterocycles. The lowest BCUT2D eigenvalue weighted by Crippen LogP contribution is -2.35. The number of anilines is 3. The number of halogens is 2. The summed E-state index contributed by atoms with van der Waals surface area (Å²) in [5.74, 6) is -1.04. The van der Waals surface area contributed by atoms with Gasteiger partial charge in [-0.05, 0) is 47.5 Å². The highest BCUT2D eigenvalue weighted by atomic mass is 35.5. The number of esters is 1. The van der Waals surface area contributed by atoms with Crippen LogP contribution in [0.15, 0.2) is 72.8 Å². The van der Waals surface area contributed by atoms with Crippen molar-refractivity contribution in [1.29, 1.82) is 0 Å². The lowest BCUT2D eigenvalue weighted by atomic mass is 9.91. The molecule has 1 atom stereocenters. The molecule has 0 fully saturated rings. The van der Waals surface area contributed by atoms with Crippen molar-refractivity contribution in [2.24, 2.45) is 0 Å². The zero-order chi connectivity index (χ0) is 25.7. The molecule has 36 heavy (non-hydrogen) atoms. The molecule has 1 aliphatic rings. The predicted octanol–water partition coefficient (Wildman–Crippen LogP) is 5.90. The third-order valence-corrected chi connectivity index (χ3v) is 5.93. The summed E-state index contributed by atoms with van der Waals surface area (Å²) in [5.41, 5.74) is 3.74. The van der Waals surface area contributed by atoms with Crippen molar-refractivity contribution >= 4 is 63.6 Å². The first-order valence-corrected chi connectivity index (χ1v) is 11.9. The van der Waals surface area contributed by atoms with Gasteiger partial charge in [-0.25, -0.2) is 4.79 Å². The maximum absolute atomic E-state index is 12.9. The normalized spacial score (nSPS) is 15.4. The maximum atomic E-state index is 12.9. The molecular weight excluding hydrogens is 501 g/mol. The van der Waals surface area contributed by atoms with Crippen LogP contribution in [-0.2, 0) is 25.7 Å². The number of nitrogens with one attached hydrogen (secondary N) is 3. The Morgan fingerprint density at radius 3 is 2.33 bits per heavy atom. The van der Waals surface area contributed by atoms with Gasteiger partial charge in [0, 0.05) is 47.1 Å². The minimum atomic E-state index is -0.730. The van der Waals surface area contributed by atoms with Crippen LogP contribution in [0.25, 0.3) is 5.57 Å². The highest BCUT2D eigenvalue weighted by molar-refractivity contribution is 6.36. The fraction of sp³-hybridized carbons (Fsp3) is 0.148. The number of fused-ring (bicyclic) bond motifs is 1. The summed E-state index contributed by atoms with van der Waals surface area (Å²) < 4.78 is 5.51. The van der Waals surface area contributed by atoms with Crippen molar-refractivity contribution in [3.63, 3.8) is 0 Å². The zero-order valence-corrected chi connectivity index (χ0v) is 20.8. The van der Waals surface area contributed by atoms with Crippen LogP contribution in [-0.4, -0.2) is 23.8 Å². The number of hydrogen-bond acceptors (Lipinski definition) is 5. The molecule has 0 bridgehead atoms. The molecule has 184 valence electrons. The topological polar surface area (TPSA) is 96.5 Å². The number of amides is 2. The van der Waals surface area contributed by atoms with Crippen LogP contribution in [0.1, 0.15) is 24.5 Å². The minimum absolute atomic E-state index is 0.134. The monoisotopic (exact) mass is 523 g/mol. The minimum Gasteiger partial charge on any atom is -0.459 e. The molecule has 1 heterocycles.